The Kier molecular flexibility index (Phi) is 19.4. The van der Waals surface area contributed by atoms with Gasteiger partial charge in [0.05, 0.1) is 18.8 Å². The second-order valence-corrected chi connectivity index (χ2v) is 6.22. The van der Waals surface area contributed by atoms with E-state index in [-0.39, 0.29) is 25.6 Å². The molecule has 0 heterocycles. The molecule has 0 saturated carbocycles. The van der Waals surface area contributed by atoms with Crippen molar-refractivity contribution >= 4 is 12.4 Å². The second-order valence-electron chi connectivity index (χ2n) is 6.22. The standard InChI is InChI=1S/C17H37NO3.ClH/c1-2-3-4-7-10-13-21-14-11-8-5-6-9-12-17(18,15-19)16-20;/h19-20H,2-16,18H2,1H3;1H. The van der Waals surface area contributed by atoms with E-state index < -0.39 is 5.54 Å². The van der Waals surface area contributed by atoms with Crippen LogP contribution in [0.5, 0.6) is 0 Å². The summed E-state index contributed by atoms with van der Waals surface area (Å²) in [5.41, 5.74) is 5.03. The van der Waals surface area contributed by atoms with Crippen LogP contribution in [0.25, 0.3) is 0 Å². The zero-order valence-corrected chi connectivity index (χ0v) is 15.2. The first-order valence-corrected chi connectivity index (χ1v) is 8.77. The Balaban J connectivity index is 0. The van der Waals surface area contributed by atoms with Crippen LogP contribution in [0.2, 0.25) is 0 Å². The summed E-state index contributed by atoms with van der Waals surface area (Å²) in [6.07, 6.45) is 12.7. The fourth-order valence-electron chi connectivity index (χ4n) is 2.33. The van der Waals surface area contributed by atoms with Gasteiger partial charge in [-0.3, -0.25) is 0 Å². The number of rotatable bonds is 16. The highest BCUT2D eigenvalue weighted by atomic mass is 35.5. The topological polar surface area (TPSA) is 75.7 Å². The summed E-state index contributed by atoms with van der Waals surface area (Å²) in [5.74, 6) is 0. The fourth-order valence-corrected chi connectivity index (χ4v) is 2.33. The van der Waals surface area contributed by atoms with Gasteiger partial charge in [0.2, 0.25) is 0 Å². The van der Waals surface area contributed by atoms with Crippen LogP contribution in [0, 0.1) is 0 Å². The number of hydrogen-bond donors (Lipinski definition) is 3. The molecule has 0 aliphatic rings. The monoisotopic (exact) mass is 339 g/mol. The molecule has 0 aliphatic carbocycles. The van der Waals surface area contributed by atoms with Crippen molar-refractivity contribution in [3.8, 4) is 0 Å². The van der Waals surface area contributed by atoms with Crippen LogP contribution < -0.4 is 5.73 Å². The Morgan fingerprint density at radius 1 is 0.773 bits per heavy atom. The Hall–Kier alpha value is 0.130. The maximum atomic E-state index is 9.07. The molecule has 0 fully saturated rings. The molecule has 4 N–H and O–H groups in total. The molecule has 5 heteroatoms. The molecule has 0 aromatic heterocycles. The number of hydrogen-bond acceptors (Lipinski definition) is 4. The summed E-state index contributed by atoms with van der Waals surface area (Å²) in [5, 5.41) is 18.1. The summed E-state index contributed by atoms with van der Waals surface area (Å²) < 4.78 is 5.62. The van der Waals surface area contributed by atoms with Gasteiger partial charge in [0.15, 0.2) is 0 Å². The number of aliphatic hydroxyl groups excluding tert-OH is 2. The minimum Gasteiger partial charge on any atom is -0.394 e. The molecule has 0 radical (unpaired) electrons. The van der Waals surface area contributed by atoms with Crippen molar-refractivity contribution in [3.63, 3.8) is 0 Å². The molecule has 22 heavy (non-hydrogen) atoms. The van der Waals surface area contributed by atoms with Gasteiger partial charge in [0, 0.05) is 13.2 Å². The minimum atomic E-state index is -0.791. The Labute approximate surface area is 143 Å². The lowest BCUT2D eigenvalue weighted by Crippen LogP contribution is -2.47. The lowest BCUT2D eigenvalue weighted by Gasteiger charge is -2.24. The van der Waals surface area contributed by atoms with Crippen molar-refractivity contribution in [3.05, 3.63) is 0 Å². The third kappa shape index (κ3) is 15.0. The van der Waals surface area contributed by atoms with E-state index in [0.717, 1.165) is 32.5 Å². The lowest BCUT2D eigenvalue weighted by molar-refractivity contribution is 0.112. The van der Waals surface area contributed by atoms with Gasteiger partial charge in [0.1, 0.15) is 0 Å². The molecule has 0 amide bonds. The molecule has 0 saturated heterocycles. The molecular formula is C17H38ClNO3. The van der Waals surface area contributed by atoms with Crippen LogP contribution >= 0.6 is 12.4 Å². The number of halogens is 1. The second kappa shape index (κ2) is 17.5. The van der Waals surface area contributed by atoms with Crippen molar-refractivity contribution in [2.45, 2.75) is 83.1 Å². The van der Waals surface area contributed by atoms with Crippen LogP contribution in [-0.4, -0.2) is 42.2 Å². The average molecular weight is 340 g/mol. The number of aliphatic hydroxyl groups is 2. The smallest absolute Gasteiger partial charge is 0.0633 e. The van der Waals surface area contributed by atoms with E-state index in [1.165, 1.54) is 44.9 Å². The van der Waals surface area contributed by atoms with E-state index >= 15 is 0 Å². The molecular weight excluding hydrogens is 302 g/mol. The summed E-state index contributed by atoms with van der Waals surface area (Å²) in [7, 11) is 0. The van der Waals surface area contributed by atoms with Crippen LogP contribution in [0.1, 0.15) is 77.6 Å². The molecule has 136 valence electrons. The third-order valence-corrected chi connectivity index (χ3v) is 3.99. The first-order chi connectivity index (χ1) is 10.2. The van der Waals surface area contributed by atoms with Gasteiger partial charge in [-0.05, 0) is 19.3 Å². The third-order valence-electron chi connectivity index (χ3n) is 3.99. The van der Waals surface area contributed by atoms with Gasteiger partial charge in [-0.1, -0.05) is 58.3 Å². The zero-order chi connectivity index (χ0) is 15.8. The Morgan fingerprint density at radius 2 is 1.23 bits per heavy atom. The molecule has 0 aromatic rings. The zero-order valence-electron chi connectivity index (χ0n) is 14.4. The largest absolute Gasteiger partial charge is 0.394 e. The Bertz CT molecular complexity index is 214. The molecule has 0 rings (SSSR count). The van der Waals surface area contributed by atoms with Crippen LogP contribution in [0.3, 0.4) is 0 Å². The fraction of sp³-hybridized carbons (Fsp3) is 1.00. The lowest BCUT2D eigenvalue weighted by atomic mass is 9.95. The maximum Gasteiger partial charge on any atom is 0.0633 e. The molecule has 0 aliphatic heterocycles. The first kappa shape index (κ1) is 24.4. The summed E-state index contributed by atoms with van der Waals surface area (Å²) in [6.45, 7) is 3.73. The van der Waals surface area contributed by atoms with E-state index in [1.807, 2.05) is 0 Å². The summed E-state index contributed by atoms with van der Waals surface area (Å²) >= 11 is 0. The molecule has 0 atom stereocenters. The number of nitrogens with two attached hydrogens (primary N) is 1. The van der Waals surface area contributed by atoms with E-state index in [2.05, 4.69) is 6.92 Å². The molecule has 0 spiro atoms. The normalized spacial score (nSPS) is 11.5. The van der Waals surface area contributed by atoms with Crippen molar-refractivity contribution in [1.82, 2.24) is 0 Å². The number of ether oxygens (including phenoxy) is 1. The highest BCUT2D eigenvalue weighted by Gasteiger charge is 2.21. The highest BCUT2D eigenvalue weighted by molar-refractivity contribution is 5.85. The van der Waals surface area contributed by atoms with Crippen molar-refractivity contribution in [2.24, 2.45) is 5.73 Å². The van der Waals surface area contributed by atoms with Gasteiger partial charge in [-0.2, -0.15) is 0 Å². The minimum absolute atomic E-state index is 0. The van der Waals surface area contributed by atoms with Crippen molar-refractivity contribution in [1.29, 1.82) is 0 Å². The quantitative estimate of drug-likeness (QED) is 0.377. The summed E-state index contributed by atoms with van der Waals surface area (Å²) in [4.78, 5) is 0. The predicted octanol–water partition coefficient (Wildman–Crippen LogP) is 3.42. The van der Waals surface area contributed by atoms with Gasteiger partial charge in [0.25, 0.3) is 0 Å². The van der Waals surface area contributed by atoms with Gasteiger partial charge in [-0.15, -0.1) is 12.4 Å². The number of unbranched alkanes of at least 4 members (excludes halogenated alkanes) is 8. The molecule has 0 bridgehead atoms. The summed E-state index contributed by atoms with van der Waals surface area (Å²) in [6, 6.07) is 0. The predicted molar refractivity (Wildman–Crippen MR) is 95.6 cm³/mol. The average Bonchev–Trinajstić information content (AvgIpc) is 2.51. The molecule has 4 nitrogen and oxygen atoms in total. The Morgan fingerprint density at radius 3 is 1.73 bits per heavy atom. The van der Waals surface area contributed by atoms with Crippen molar-refractivity contribution in [2.75, 3.05) is 26.4 Å². The van der Waals surface area contributed by atoms with Gasteiger partial charge >= 0.3 is 0 Å². The molecule has 0 unspecified atom stereocenters. The van der Waals surface area contributed by atoms with Crippen molar-refractivity contribution < 1.29 is 14.9 Å². The van der Waals surface area contributed by atoms with Gasteiger partial charge < -0.3 is 20.7 Å². The van der Waals surface area contributed by atoms with E-state index in [4.69, 9.17) is 20.7 Å². The molecule has 0 aromatic carbocycles. The highest BCUT2D eigenvalue weighted by Crippen LogP contribution is 2.13. The van der Waals surface area contributed by atoms with E-state index in [1.54, 1.807) is 0 Å². The van der Waals surface area contributed by atoms with Crippen LogP contribution in [0.15, 0.2) is 0 Å². The van der Waals surface area contributed by atoms with Crippen LogP contribution in [-0.2, 0) is 4.74 Å². The maximum absolute atomic E-state index is 9.07. The van der Waals surface area contributed by atoms with E-state index in [0.29, 0.717) is 6.42 Å². The van der Waals surface area contributed by atoms with Crippen LogP contribution in [0.4, 0.5) is 0 Å². The van der Waals surface area contributed by atoms with Gasteiger partial charge in [-0.25, -0.2) is 0 Å². The SMILES string of the molecule is CCCCCCCOCCCCCCCC(N)(CO)CO.Cl. The first-order valence-electron chi connectivity index (χ1n) is 8.77. The van der Waals surface area contributed by atoms with E-state index in [9.17, 15) is 0 Å².